The van der Waals surface area contributed by atoms with Crippen molar-refractivity contribution in [3.8, 4) is 0 Å². The Hall–Kier alpha value is 0.974. The Labute approximate surface area is 63.4 Å². The van der Waals surface area contributed by atoms with Gasteiger partial charge in [-0.05, 0) is 5.54 Å². The lowest BCUT2D eigenvalue weighted by atomic mass is 10.6. The molecule has 0 radical (unpaired) electrons. The molecule has 0 N–H and O–H groups in total. The van der Waals surface area contributed by atoms with Crippen LogP contribution in [0.15, 0.2) is 0 Å². The molecule has 0 bridgehead atoms. The molecular weight excluding hydrogens is 179 g/mol. The minimum absolute atomic E-state index is 0.503. The molecule has 0 saturated heterocycles. The van der Waals surface area contributed by atoms with Gasteiger partial charge >= 0.3 is 0 Å². The molecule has 0 amide bonds. The molecule has 0 aromatic carbocycles. The molecule has 0 aliphatic heterocycles. The van der Waals surface area contributed by atoms with E-state index in [9.17, 15) is 0 Å². The third kappa shape index (κ3) is 3.91. The van der Waals surface area contributed by atoms with Crippen molar-refractivity contribution >= 4 is 39.6 Å². The largest absolute Gasteiger partial charge is 0.440 e. The summed E-state index contributed by atoms with van der Waals surface area (Å²) in [6.07, 6.45) is 0. The lowest BCUT2D eigenvalue weighted by molar-refractivity contribution is 0.628. The monoisotopic (exact) mass is 188 g/mol. The lowest BCUT2D eigenvalue weighted by Gasteiger charge is -2.08. The van der Waals surface area contributed by atoms with Crippen molar-refractivity contribution in [2.45, 2.75) is 19.4 Å². The minimum atomic E-state index is -1.37. The third-order valence-electron chi connectivity index (χ3n) is 0.746. The molecule has 1 atom stereocenters. The SMILES string of the molecule is CC(C)[SiH](Cl)O[SiH2]Cl. The minimum Gasteiger partial charge on any atom is -0.440 e. The fraction of sp³-hybridized carbons (Fsp3) is 1.00. The normalized spacial score (nSPS) is 16.1. The van der Waals surface area contributed by atoms with Gasteiger partial charge in [0.05, 0.1) is 0 Å². The van der Waals surface area contributed by atoms with Gasteiger partial charge in [0.15, 0.2) is 0 Å². The maximum atomic E-state index is 5.78. The average Bonchev–Trinajstić information content (AvgIpc) is 1.67. The first-order valence-corrected chi connectivity index (χ1v) is 8.10. The molecule has 0 aromatic heterocycles. The Morgan fingerprint density at radius 2 is 2.12 bits per heavy atom. The molecule has 1 unspecified atom stereocenters. The topological polar surface area (TPSA) is 9.23 Å². The molecule has 0 aromatic rings. The van der Waals surface area contributed by atoms with Crippen LogP contribution in [-0.4, -0.2) is 17.4 Å². The van der Waals surface area contributed by atoms with Crippen LogP contribution in [0.4, 0.5) is 0 Å². The van der Waals surface area contributed by atoms with E-state index in [1.54, 1.807) is 0 Å². The Morgan fingerprint density at radius 1 is 1.62 bits per heavy atom. The first kappa shape index (κ1) is 8.97. The van der Waals surface area contributed by atoms with E-state index in [-0.39, 0.29) is 0 Å². The van der Waals surface area contributed by atoms with Gasteiger partial charge in [-0.2, -0.15) is 0 Å². The second-order valence-corrected chi connectivity index (χ2v) is 7.40. The summed E-state index contributed by atoms with van der Waals surface area (Å²) in [6.45, 7) is 4.12. The molecular formula is C3H10Cl2OSi2. The van der Waals surface area contributed by atoms with Crippen LogP contribution in [0.5, 0.6) is 0 Å². The standard InChI is InChI=1S/C3H10Cl2OSi2/c1-3(2)8(5)6-7-4/h3,8H,7H2,1-2H3. The zero-order valence-corrected chi connectivity index (χ0v) is 9.11. The summed E-state index contributed by atoms with van der Waals surface area (Å²) in [5.74, 6) is 0. The van der Waals surface area contributed by atoms with Crippen molar-refractivity contribution in [2.24, 2.45) is 0 Å². The molecule has 0 spiro atoms. The van der Waals surface area contributed by atoms with Crippen molar-refractivity contribution < 1.29 is 4.12 Å². The molecule has 0 aliphatic rings. The van der Waals surface area contributed by atoms with Crippen molar-refractivity contribution in [3.05, 3.63) is 0 Å². The maximum absolute atomic E-state index is 5.78. The van der Waals surface area contributed by atoms with Crippen molar-refractivity contribution in [2.75, 3.05) is 0 Å². The summed E-state index contributed by atoms with van der Waals surface area (Å²) in [5.41, 5.74) is 0.503. The quantitative estimate of drug-likeness (QED) is 0.477. The molecule has 50 valence electrons. The molecule has 1 nitrogen and oxygen atoms in total. The van der Waals surface area contributed by atoms with Crippen LogP contribution in [0.2, 0.25) is 5.54 Å². The van der Waals surface area contributed by atoms with Gasteiger partial charge in [-0.25, -0.2) is 0 Å². The highest BCUT2D eigenvalue weighted by molar-refractivity contribution is 7.08. The first-order valence-electron chi connectivity index (χ1n) is 2.50. The number of hydrogen-bond acceptors (Lipinski definition) is 1. The zero-order chi connectivity index (χ0) is 6.57. The lowest BCUT2D eigenvalue weighted by Crippen LogP contribution is -2.14. The summed E-state index contributed by atoms with van der Waals surface area (Å²) >= 11 is 11.2. The van der Waals surface area contributed by atoms with Gasteiger partial charge in [-0.1, -0.05) is 13.8 Å². The smallest absolute Gasteiger partial charge is 0.267 e. The van der Waals surface area contributed by atoms with E-state index in [0.29, 0.717) is 5.54 Å². The van der Waals surface area contributed by atoms with Gasteiger partial charge in [-0.3, -0.25) is 0 Å². The van der Waals surface area contributed by atoms with Gasteiger partial charge in [0.25, 0.3) is 8.35 Å². The molecule has 0 saturated carbocycles. The fourth-order valence-corrected chi connectivity index (χ4v) is 4.64. The second-order valence-electron chi connectivity index (χ2n) is 1.87. The highest BCUT2D eigenvalue weighted by atomic mass is 35.6. The first-order chi connectivity index (χ1) is 3.68. The van der Waals surface area contributed by atoms with Crippen molar-refractivity contribution in [1.29, 1.82) is 0 Å². The van der Waals surface area contributed by atoms with Gasteiger partial charge in [0, 0.05) is 0 Å². The van der Waals surface area contributed by atoms with Crippen LogP contribution in [0.1, 0.15) is 13.8 Å². The molecule has 0 rings (SSSR count). The summed E-state index contributed by atoms with van der Waals surface area (Å²) in [4.78, 5) is 0. The van der Waals surface area contributed by atoms with Crippen LogP contribution >= 0.6 is 22.2 Å². The van der Waals surface area contributed by atoms with E-state index in [4.69, 9.17) is 26.3 Å². The van der Waals surface area contributed by atoms with E-state index in [2.05, 4.69) is 13.8 Å². The summed E-state index contributed by atoms with van der Waals surface area (Å²) in [5, 5.41) is 0. The summed E-state index contributed by atoms with van der Waals surface area (Å²) < 4.78 is 5.11. The predicted octanol–water partition coefficient (Wildman–Crippen LogP) is 1.11. The van der Waals surface area contributed by atoms with Crippen LogP contribution in [0, 0.1) is 0 Å². The molecule has 0 fully saturated rings. The van der Waals surface area contributed by atoms with Crippen LogP contribution in [-0.2, 0) is 4.12 Å². The van der Waals surface area contributed by atoms with Crippen LogP contribution in [0.25, 0.3) is 0 Å². The van der Waals surface area contributed by atoms with Crippen molar-refractivity contribution in [1.82, 2.24) is 0 Å². The van der Waals surface area contributed by atoms with E-state index in [1.807, 2.05) is 0 Å². The highest BCUT2D eigenvalue weighted by Crippen LogP contribution is 2.11. The van der Waals surface area contributed by atoms with E-state index in [0.717, 1.165) is 0 Å². The second kappa shape index (κ2) is 4.82. The summed E-state index contributed by atoms with van der Waals surface area (Å²) in [7, 11) is -2.15. The van der Waals surface area contributed by atoms with Gasteiger partial charge in [0.2, 0.25) is 9.07 Å². The maximum Gasteiger partial charge on any atom is 0.267 e. The fourth-order valence-electron chi connectivity index (χ4n) is 0.253. The van der Waals surface area contributed by atoms with Gasteiger partial charge in [0.1, 0.15) is 0 Å². The third-order valence-corrected chi connectivity index (χ3v) is 7.35. The molecule has 0 heterocycles. The van der Waals surface area contributed by atoms with Gasteiger partial charge in [-0.15, -0.1) is 22.2 Å². The van der Waals surface area contributed by atoms with E-state index < -0.39 is 17.4 Å². The molecule has 8 heavy (non-hydrogen) atoms. The Bertz CT molecular complexity index is 61.2. The van der Waals surface area contributed by atoms with E-state index in [1.165, 1.54) is 0 Å². The van der Waals surface area contributed by atoms with E-state index >= 15 is 0 Å². The molecule has 0 aliphatic carbocycles. The van der Waals surface area contributed by atoms with Crippen molar-refractivity contribution in [3.63, 3.8) is 0 Å². The highest BCUT2D eigenvalue weighted by Gasteiger charge is 2.10. The Kier molecular flexibility index (Phi) is 5.40. The molecule has 5 heteroatoms. The summed E-state index contributed by atoms with van der Waals surface area (Å²) in [6, 6.07) is 0. The van der Waals surface area contributed by atoms with Gasteiger partial charge < -0.3 is 4.12 Å². The number of hydrogen-bond donors (Lipinski definition) is 0. The average molecular weight is 189 g/mol. The Morgan fingerprint density at radius 3 is 2.25 bits per heavy atom. The van der Waals surface area contributed by atoms with Crippen LogP contribution < -0.4 is 0 Å². The van der Waals surface area contributed by atoms with Crippen LogP contribution in [0.3, 0.4) is 0 Å². The Balaban J connectivity index is 3.17. The zero-order valence-electron chi connectivity index (χ0n) is 5.03. The predicted molar refractivity (Wildman–Crippen MR) is 43.6 cm³/mol. The number of halogens is 2. The number of rotatable bonds is 3.